The van der Waals surface area contributed by atoms with E-state index in [4.69, 9.17) is 4.74 Å². The maximum absolute atomic E-state index is 12.2. The Morgan fingerprint density at radius 2 is 1.50 bits per heavy atom. The van der Waals surface area contributed by atoms with Gasteiger partial charge in [0.25, 0.3) is 0 Å². The Kier molecular flexibility index (Phi) is 5.81. The highest BCUT2D eigenvalue weighted by atomic mass is 32.1. The topological polar surface area (TPSA) is 101 Å². The van der Waals surface area contributed by atoms with Crippen LogP contribution in [0, 0.1) is 0 Å². The largest absolute Gasteiger partial charge is 0.481 e. The van der Waals surface area contributed by atoms with Crippen LogP contribution in [-0.2, 0) is 21.6 Å². The first kappa shape index (κ1) is 21.8. The summed E-state index contributed by atoms with van der Waals surface area (Å²) in [7, 11) is 0. The predicted octanol–water partition coefficient (Wildman–Crippen LogP) is 5.74. The highest BCUT2D eigenvalue weighted by Crippen LogP contribution is 2.48. The van der Waals surface area contributed by atoms with Gasteiger partial charge in [-0.1, -0.05) is 78.9 Å². The molecule has 4 aromatic rings. The molecule has 1 aromatic heterocycles. The van der Waals surface area contributed by atoms with Gasteiger partial charge in [0.1, 0.15) is 12.3 Å². The van der Waals surface area contributed by atoms with Gasteiger partial charge in [-0.15, -0.1) is 0 Å². The summed E-state index contributed by atoms with van der Waals surface area (Å²) in [5, 5.41) is 12.1. The standard InChI is InChI=1S/C26H21N3O4S/c30-24(31)26(14-15-26)21-12-10-19(11-13-21)18-6-8-20(9-7-18)22-23(29-34-28-22)27-25(32)33-16-17-4-2-1-3-5-17/h1-13H,14-16H2,(H,30,31)(H,27,29,32). The molecule has 0 saturated heterocycles. The number of rotatable bonds is 7. The molecule has 0 bridgehead atoms. The SMILES string of the molecule is O=C(Nc1nsnc1-c1ccc(-c2ccc(C3(C(=O)O)CC3)cc2)cc1)OCc1ccccc1. The first-order chi connectivity index (χ1) is 16.5. The van der Waals surface area contributed by atoms with E-state index in [1.807, 2.05) is 78.9 Å². The summed E-state index contributed by atoms with van der Waals surface area (Å²) >= 11 is 1.01. The lowest BCUT2D eigenvalue weighted by Gasteiger charge is -2.11. The molecule has 1 aliphatic rings. The lowest BCUT2D eigenvalue weighted by atomic mass is 9.93. The van der Waals surface area contributed by atoms with Crippen molar-refractivity contribution in [1.82, 2.24) is 8.75 Å². The van der Waals surface area contributed by atoms with Crippen LogP contribution >= 0.6 is 11.7 Å². The number of nitrogens with zero attached hydrogens (tertiary/aromatic N) is 2. The second-order valence-electron chi connectivity index (χ2n) is 8.19. The number of aliphatic carboxylic acids is 1. The molecule has 8 heteroatoms. The Balaban J connectivity index is 1.26. The van der Waals surface area contributed by atoms with E-state index in [-0.39, 0.29) is 6.61 Å². The molecule has 1 heterocycles. The van der Waals surface area contributed by atoms with Crippen molar-refractivity contribution < 1.29 is 19.4 Å². The molecule has 1 aliphatic carbocycles. The Morgan fingerprint density at radius 1 is 0.882 bits per heavy atom. The van der Waals surface area contributed by atoms with Crippen molar-refractivity contribution in [2.75, 3.05) is 5.32 Å². The molecule has 5 rings (SSSR count). The second kappa shape index (κ2) is 9.07. The zero-order valence-corrected chi connectivity index (χ0v) is 18.9. The van der Waals surface area contributed by atoms with Gasteiger partial charge in [-0.25, -0.2) is 4.79 Å². The third-order valence-electron chi connectivity index (χ3n) is 6.01. The summed E-state index contributed by atoms with van der Waals surface area (Å²) in [6.45, 7) is 0.167. The number of carbonyl (C=O) groups excluding carboxylic acids is 1. The van der Waals surface area contributed by atoms with Crippen LogP contribution in [0.1, 0.15) is 24.0 Å². The normalized spacial score (nSPS) is 13.8. The first-order valence-corrected chi connectivity index (χ1v) is 11.5. The van der Waals surface area contributed by atoms with Gasteiger partial charge in [0, 0.05) is 5.56 Å². The molecule has 1 fully saturated rings. The van der Waals surface area contributed by atoms with Gasteiger partial charge in [-0.2, -0.15) is 8.75 Å². The number of hydrogen-bond donors (Lipinski definition) is 2. The van der Waals surface area contributed by atoms with E-state index in [1.54, 1.807) is 0 Å². The molecule has 0 unspecified atom stereocenters. The van der Waals surface area contributed by atoms with Gasteiger partial charge in [0.05, 0.1) is 17.1 Å². The molecule has 0 atom stereocenters. The fraction of sp³-hybridized carbons (Fsp3) is 0.154. The molecular formula is C26H21N3O4S. The Hall–Kier alpha value is -4.04. The number of amides is 1. The number of ether oxygens (including phenoxy) is 1. The quantitative estimate of drug-likeness (QED) is 0.357. The highest BCUT2D eigenvalue weighted by molar-refractivity contribution is 6.99. The Labute approximate surface area is 200 Å². The van der Waals surface area contributed by atoms with Crippen molar-refractivity contribution >= 4 is 29.6 Å². The Morgan fingerprint density at radius 3 is 2.12 bits per heavy atom. The van der Waals surface area contributed by atoms with Gasteiger partial charge >= 0.3 is 12.1 Å². The van der Waals surface area contributed by atoms with E-state index < -0.39 is 17.5 Å². The van der Waals surface area contributed by atoms with Crippen molar-refractivity contribution in [2.45, 2.75) is 24.9 Å². The van der Waals surface area contributed by atoms with Crippen LogP contribution in [0.5, 0.6) is 0 Å². The van der Waals surface area contributed by atoms with Crippen LogP contribution in [0.25, 0.3) is 22.4 Å². The summed E-state index contributed by atoms with van der Waals surface area (Å²) in [4.78, 5) is 23.8. The van der Waals surface area contributed by atoms with E-state index in [9.17, 15) is 14.7 Å². The molecular weight excluding hydrogens is 450 g/mol. The molecule has 2 N–H and O–H groups in total. The number of carboxylic acid groups (broad SMARTS) is 1. The number of anilines is 1. The van der Waals surface area contributed by atoms with Crippen molar-refractivity contribution in [2.24, 2.45) is 0 Å². The minimum absolute atomic E-state index is 0.167. The first-order valence-electron chi connectivity index (χ1n) is 10.8. The van der Waals surface area contributed by atoms with Gasteiger partial charge in [0.15, 0.2) is 5.82 Å². The van der Waals surface area contributed by atoms with E-state index in [0.29, 0.717) is 24.4 Å². The van der Waals surface area contributed by atoms with Crippen LogP contribution in [0.15, 0.2) is 78.9 Å². The molecule has 1 saturated carbocycles. The number of carbonyl (C=O) groups is 2. The van der Waals surface area contributed by atoms with Crippen molar-refractivity contribution in [3.63, 3.8) is 0 Å². The van der Waals surface area contributed by atoms with Crippen LogP contribution < -0.4 is 5.32 Å². The summed E-state index contributed by atoms with van der Waals surface area (Å²) < 4.78 is 13.8. The lowest BCUT2D eigenvalue weighted by Crippen LogP contribution is -2.19. The zero-order chi connectivity index (χ0) is 23.5. The van der Waals surface area contributed by atoms with Gasteiger partial charge in [-0.3, -0.25) is 10.1 Å². The van der Waals surface area contributed by atoms with E-state index >= 15 is 0 Å². The number of benzene rings is 3. The fourth-order valence-electron chi connectivity index (χ4n) is 3.87. The number of aromatic nitrogens is 2. The fourth-order valence-corrected chi connectivity index (χ4v) is 4.40. The third-order valence-corrected chi connectivity index (χ3v) is 6.54. The number of hydrogen-bond acceptors (Lipinski definition) is 6. The van der Waals surface area contributed by atoms with Crippen LogP contribution in [0.3, 0.4) is 0 Å². The van der Waals surface area contributed by atoms with Crippen LogP contribution in [0.2, 0.25) is 0 Å². The maximum Gasteiger partial charge on any atom is 0.413 e. The van der Waals surface area contributed by atoms with Crippen LogP contribution in [0.4, 0.5) is 10.6 Å². The summed E-state index contributed by atoms with van der Waals surface area (Å²) in [5.41, 5.74) is 4.42. The predicted molar refractivity (Wildman–Crippen MR) is 130 cm³/mol. The molecule has 0 aliphatic heterocycles. The Bertz CT molecular complexity index is 1310. The molecule has 170 valence electrons. The zero-order valence-electron chi connectivity index (χ0n) is 18.1. The van der Waals surface area contributed by atoms with Gasteiger partial charge < -0.3 is 9.84 Å². The maximum atomic E-state index is 12.2. The lowest BCUT2D eigenvalue weighted by molar-refractivity contribution is -0.140. The highest BCUT2D eigenvalue weighted by Gasteiger charge is 2.51. The molecule has 0 spiro atoms. The smallest absolute Gasteiger partial charge is 0.413 e. The molecule has 1 amide bonds. The average molecular weight is 472 g/mol. The number of nitrogens with one attached hydrogen (secondary N) is 1. The summed E-state index contributed by atoms with van der Waals surface area (Å²) in [6, 6.07) is 24.9. The average Bonchev–Trinajstić information content (AvgIpc) is 3.57. The summed E-state index contributed by atoms with van der Waals surface area (Å²) in [6.07, 6.45) is 0.784. The van der Waals surface area contributed by atoms with E-state index in [0.717, 1.165) is 39.5 Å². The number of carboxylic acids is 1. The van der Waals surface area contributed by atoms with Crippen LogP contribution in [-0.4, -0.2) is 25.9 Å². The minimum Gasteiger partial charge on any atom is -0.481 e. The molecule has 0 radical (unpaired) electrons. The van der Waals surface area contributed by atoms with Crippen molar-refractivity contribution in [3.8, 4) is 22.4 Å². The third kappa shape index (κ3) is 4.40. The monoisotopic (exact) mass is 471 g/mol. The molecule has 3 aromatic carbocycles. The second-order valence-corrected chi connectivity index (χ2v) is 8.72. The molecule has 7 nitrogen and oxygen atoms in total. The summed E-state index contributed by atoms with van der Waals surface area (Å²) in [5.74, 6) is -0.404. The van der Waals surface area contributed by atoms with E-state index in [1.165, 1.54) is 0 Å². The van der Waals surface area contributed by atoms with Gasteiger partial charge in [0.2, 0.25) is 0 Å². The van der Waals surface area contributed by atoms with Crippen molar-refractivity contribution in [1.29, 1.82) is 0 Å². The molecule has 34 heavy (non-hydrogen) atoms. The minimum atomic E-state index is -0.755. The van der Waals surface area contributed by atoms with Gasteiger partial charge in [-0.05, 0) is 35.1 Å². The van der Waals surface area contributed by atoms with E-state index in [2.05, 4.69) is 14.1 Å². The van der Waals surface area contributed by atoms with Crippen molar-refractivity contribution in [3.05, 3.63) is 90.0 Å².